The van der Waals surface area contributed by atoms with Crippen molar-refractivity contribution >= 4 is 0 Å². The van der Waals surface area contributed by atoms with Gasteiger partial charge in [-0.05, 0) is 164 Å². The average molecular weight is 787 g/mol. The van der Waals surface area contributed by atoms with Gasteiger partial charge in [0, 0.05) is 51.3 Å². The van der Waals surface area contributed by atoms with E-state index in [1.165, 1.54) is 66.8 Å². The summed E-state index contributed by atoms with van der Waals surface area (Å²) in [4.78, 5) is 0. The minimum atomic E-state index is -0.615. The van der Waals surface area contributed by atoms with Crippen molar-refractivity contribution in [2.45, 2.75) is 196 Å². The van der Waals surface area contributed by atoms with Crippen molar-refractivity contribution in [3.63, 3.8) is 0 Å². The molecule has 0 aromatic heterocycles. The van der Waals surface area contributed by atoms with Gasteiger partial charge < -0.3 is 18.9 Å². The van der Waals surface area contributed by atoms with Crippen LogP contribution in [0.25, 0.3) is 0 Å². The zero-order chi connectivity index (χ0) is 43.3. The molecule has 0 aliphatic carbocycles. The van der Waals surface area contributed by atoms with Crippen molar-refractivity contribution in [3.8, 4) is 23.0 Å². The average Bonchev–Trinajstić information content (AvgIpc) is 3.22. The second-order valence-corrected chi connectivity index (χ2v) is 22.1. The van der Waals surface area contributed by atoms with E-state index in [1.54, 1.807) is 0 Å². The number of hydrogen-bond acceptors (Lipinski definition) is 4. The van der Waals surface area contributed by atoms with E-state index in [0.29, 0.717) is 0 Å². The molecule has 0 unspecified atom stereocenters. The van der Waals surface area contributed by atoms with Gasteiger partial charge in [-0.1, -0.05) is 79.7 Å². The summed E-state index contributed by atoms with van der Waals surface area (Å²) in [7, 11) is 0. The number of benzene rings is 4. The molecule has 4 aromatic carbocycles. The highest BCUT2D eigenvalue weighted by molar-refractivity contribution is 5.53. The lowest BCUT2D eigenvalue weighted by Crippen LogP contribution is -2.55. The van der Waals surface area contributed by atoms with Gasteiger partial charge in [0.25, 0.3) is 5.79 Å². The Morgan fingerprint density at radius 2 is 0.603 bits per heavy atom. The molecule has 58 heavy (non-hydrogen) atoms. The molecule has 0 radical (unpaired) electrons. The first kappa shape index (κ1) is 43.7. The fraction of sp³-hybridized carbons (Fsp3) is 0.556. The maximum absolute atomic E-state index is 6.67. The molecule has 4 aliphatic rings. The highest BCUT2D eigenvalue weighted by Gasteiger charge is 2.53. The normalized spacial score (nSPS) is 21.0. The Morgan fingerprint density at radius 3 is 0.966 bits per heavy atom. The van der Waals surface area contributed by atoms with Crippen molar-refractivity contribution in [3.05, 3.63) is 115 Å². The molecule has 0 saturated carbocycles. The third kappa shape index (κ3) is 7.91. The smallest absolute Gasteiger partial charge is 0.252 e. The van der Waals surface area contributed by atoms with Crippen LogP contribution < -0.4 is 18.9 Å². The molecule has 0 amide bonds. The molecule has 0 fully saturated rings. The Morgan fingerprint density at radius 1 is 0.328 bits per heavy atom. The summed E-state index contributed by atoms with van der Waals surface area (Å²) >= 11 is 0. The van der Waals surface area contributed by atoms with Crippen LogP contribution in [0, 0.1) is 55.4 Å². The Bertz CT molecular complexity index is 2180. The van der Waals surface area contributed by atoms with E-state index in [-0.39, 0.29) is 32.9 Å². The molecule has 4 heterocycles. The topological polar surface area (TPSA) is 36.9 Å². The summed E-state index contributed by atoms with van der Waals surface area (Å²) in [6, 6.07) is 17.9. The van der Waals surface area contributed by atoms with E-state index >= 15 is 0 Å². The summed E-state index contributed by atoms with van der Waals surface area (Å²) < 4.78 is 25.5. The fourth-order valence-electron chi connectivity index (χ4n) is 9.96. The molecule has 0 N–H and O–H groups in total. The van der Waals surface area contributed by atoms with Crippen LogP contribution in [0.1, 0.15) is 169 Å². The third-order valence-electron chi connectivity index (χ3n) is 14.4. The lowest BCUT2D eigenvalue weighted by molar-refractivity contribution is -0.166. The lowest BCUT2D eigenvalue weighted by atomic mass is 9.68. The number of fused-ring (bicyclic) bond motifs is 4. The van der Waals surface area contributed by atoms with Crippen molar-refractivity contribution in [1.82, 2.24) is 0 Å². The van der Waals surface area contributed by atoms with E-state index < -0.39 is 5.79 Å². The van der Waals surface area contributed by atoms with Crippen LogP contribution in [0.2, 0.25) is 0 Å². The van der Waals surface area contributed by atoms with Gasteiger partial charge in [-0.15, -0.1) is 0 Å². The van der Waals surface area contributed by atoms with Gasteiger partial charge in [0.05, 0.1) is 0 Å². The van der Waals surface area contributed by atoms with Gasteiger partial charge >= 0.3 is 0 Å². The summed E-state index contributed by atoms with van der Waals surface area (Å²) in [6.45, 7) is 44.4. The zero-order valence-corrected chi connectivity index (χ0v) is 39.9. The predicted molar refractivity (Wildman–Crippen MR) is 243 cm³/mol. The van der Waals surface area contributed by atoms with Crippen LogP contribution in [0.3, 0.4) is 0 Å². The van der Waals surface area contributed by atoms with Crippen LogP contribution in [0.15, 0.2) is 48.5 Å². The molecule has 0 bridgehead atoms. The minimum Gasteiger partial charge on any atom is -0.488 e. The van der Waals surface area contributed by atoms with E-state index in [1.807, 2.05) is 0 Å². The van der Waals surface area contributed by atoms with Gasteiger partial charge in [0.2, 0.25) is 0 Å². The van der Waals surface area contributed by atoms with E-state index in [9.17, 15) is 0 Å². The molecule has 0 saturated heterocycles. The highest BCUT2D eigenvalue weighted by Crippen LogP contribution is 2.55. The molecule has 4 nitrogen and oxygen atoms in total. The Labute approximate surface area is 352 Å². The Balaban J connectivity index is 0.000000157. The maximum Gasteiger partial charge on any atom is 0.252 e. The highest BCUT2D eigenvalue weighted by atomic mass is 16.7. The second kappa shape index (κ2) is 14.1. The van der Waals surface area contributed by atoms with Gasteiger partial charge in [0.1, 0.15) is 34.2 Å². The van der Waals surface area contributed by atoms with Crippen molar-refractivity contribution in [2.24, 2.45) is 0 Å². The van der Waals surface area contributed by atoms with E-state index in [4.69, 9.17) is 18.9 Å². The first-order chi connectivity index (χ1) is 26.4. The second-order valence-electron chi connectivity index (χ2n) is 22.1. The molecule has 4 aromatic rings. The molecule has 8 rings (SSSR count). The van der Waals surface area contributed by atoms with Crippen LogP contribution in [0.4, 0.5) is 0 Å². The van der Waals surface area contributed by atoms with Crippen molar-refractivity contribution in [2.75, 3.05) is 0 Å². The number of rotatable bonds is 0. The maximum atomic E-state index is 6.67. The van der Waals surface area contributed by atoms with Crippen molar-refractivity contribution < 1.29 is 18.9 Å². The largest absolute Gasteiger partial charge is 0.488 e. The third-order valence-corrected chi connectivity index (χ3v) is 14.4. The van der Waals surface area contributed by atoms with Crippen LogP contribution >= 0.6 is 0 Å². The molecule has 314 valence electrons. The SMILES string of the molecule is Cc1cc2c(cc1C)C(C)(C)C(C)(C)O2.Cc1cc2c(cc1C)C(C)(C)CC(C)(C)O2.Cc1cc2c(cc1C)C(C)(C)CC1(CC(C)(C)c3cc(C)c(C)cc3O1)O2. The van der Waals surface area contributed by atoms with Crippen LogP contribution in [-0.4, -0.2) is 17.0 Å². The van der Waals surface area contributed by atoms with Crippen LogP contribution in [-0.2, 0) is 21.7 Å². The monoisotopic (exact) mass is 787 g/mol. The first-order valence-corrected chi connectivity index (χ1v) is 21.6. The molecular weight excluding hydrogens is 713 g/mol. The molecule has 4 heteroatoms. The summed E-state index contributed by atoms with van der Waals surface area (Å²) in [6.07, 6.45) is 2.77. The first-order valence-electron chi connectivity index (χ1n) is 21.6. The standard InChI is InChI=1S/C25H32O2.C15H22O.C14H20O/c1-15-9-19-21(11-17(15)3)26-25(13-23(19,5)6)14-24(7,8)20-10-16(2)18(4)12-22(20)27-25;1-10-7-12-13(8-11(10)2)16-15(5,6)9-14(12,3)4;1-9-7-11-12(8-10(9)2)15-14(5,6)13(11,3)4/h9-12H,13-14H2,1-8H3;7-8H,9H2,1-6H3;7-8H,1-6H3. The Hall–Kier alpha value is -3.92. The van der Waals surface area contributed by atoms with Gasteiger partial charge in [-0.2, -0.15) is 0 Å². The van der Waals surface area contributed by atoms with Crippen LogP contribution in [0.5, 0.6) is 23.0 Å². The summed E-state index contributed by atoms with van der Waals surface area (Å²) in [5.74, 6) is 3.49. The number of ether oxygens (including phenoxy) is 4. The van der Waals surface area contributed by atoms with Gasteiger partial charge in [0.15, 0.2) is 0 Å². The Kier molecular flexibility index (Phi) is 10.6. The van der Waals surface area contributed by atoms with Gasteiger partial charge in [-0.3, -0.25) is 0 Å². The molecule has 4 aliphatic heterocycles. The number of aryl methyl sites for hydroxylation is 8. The predicted octanol–water partition coefficient (Wildman–Crippen LogP) is 14.3. The number of hydrogen-bond donors (Lipinski definition) is 0. The van der Waals surface area contributed by atoms with Gasteiger partial charge in [-0.25, -0.2) is 0 Å². The van der Waals surface area contributed by atoms with E-state index in [0.717, 1.165) is 42.3 Å². The summed E-state index contributed by atoms with van der Waals surface area (Å²) in [5, 5.41) is 0. The lowest BCUT2D eigenvalue weighted by Gasteiger charge is -2.51. The molecule has 0 atom stereocenters. The van der Waals surface area contributed by atoms with Crippen molar-refractivity contribution in [1.29, 1.82) is 0 Å². The molecular formula is C54H74O4. The minimum absolute atomic E-state index is 0.000627. The molecule has 1 spiro atoms. The quantitative estimate of drug-likeness (QED) is 0.178. The fourth-order valence-corrected chi connectivity index (χ4v) is 9.96. The zero-order valence-electron chi connectivity index (χ0n) is 39.9. The van der Waals surface area contributed by atoms with E-state index in [2.05, 4.69) is 187 Å². The summed E-state index contributed by atoms with van der Waals surface area (Å²) in [5.41, 5.74) is 15.9.